The highest BCUT2D eigenvalue weighted by Gasteiger charge is 2.21. The molecule has 1 aliphatic heterocycles. The van der Waals surface area contributed by atoms with E-state index in [-0.39, 0.29) is 11.7 Å². The van der Waals surface area contributed by atoms with E-state index in [0.717, 1.165) is 5.56 Å². The highest BCUT2D eigenvalue weighted by atomic mass is 16.7. The van der Waals surface area contributed by atoms with Crippen molar-refractivity contribution in [3.05, 3.63) is 59.7 Å². The Morgan fingerprint density at radius 1 is 0.815 bits per heavy atom. The predicted octanol–water partition coefficient (Wildman–Crippen LogP) is 5.32. The number of ether oxygens (including phenoxy) is 2. The van der Waals surface area contributed by atoms with E-state index >= 15 is 0 Å². The summed E-state index contributed by atoms with van der Waals surface area (Å²) < 4.78 is 11.2. The topological polar surface area (TPSA) is 18.5 Å². The summed E-state index contributed by atoms with van der Waals surface area (Å²) in [4.78, 5) is 0. The molecule has 1 fully saturated rings. The van der Waals surface area contributed by atoms with Crippen LogP contribution in [0.4, 0.5) is 0 Å². The van der Waals surface area contributed by atoms with Gasteiger partial charge in [0.05, 0.1) is 13.2 Å². The first-order valence-corrected chi connectivity index (χ1v) is 10.4. The SMILES string of the molecule is CB(c1cccc(C2OCCO2)c1)c1cccc(C(C)(C)C)c1.CC.CC. The Morgan fingerprint density at radius 3 is 1.89 bits per heavy atom. The van der Waals surface area contributed by atoms with Crippen LogP contribution in [0.3, 0.4) is 0 Å². The van der Waals surface area contributed by atoms with Gasteiger partial charge >= 0.3 is 0 Å². The summed E-state index contributed by atoms with van der Waals surface area (Å²) >= 11 is 0. The molecule has 27 heavy (non-hydrogen) atoms. The third kappa shape index (κ3) is 6.51. The lowest BCUT2D eigenvalue weighted by Gasteiger charge is -2.21. The zero-order valence-corrected chi connectivity index (χ0v) is 18.5. The Bertz CT molecular complexity index is 670. The van der Waals surface area contributed by atoms with Crippen LogP contribution in [0.5, 0.6) is 0 Å². The van der Waals surface area contributed by atoms with E-state index in [1.807, 2.05) is 27.7 Å². The van der Waals surface area contributed by atoms with E-state index in [2.05, 4.69) is 76.1 Å². The summed E-state index contributed by atoms with van der Waals surface area (Å²) in [6.45, 7) is 18.7. The molecule has 0 aliphatic carbocycles. The Labute approximate surface area is 167 Å². The van der Waals surface area contributed by atoms with Crippen LogP contribution in [0, 0.1) is 0 Å². The minimum atomic E-state index is -0.206. The fourth-order valence-electron chi connectivity index (χ4n) is 2.99. The number of rotatable bonds is 3. The van der Waals surface area contributed by atoms with Gasteiger partial charge in [-0.3, -0.25) is 0 Å². The Balaban J connectivity index is 0.000000855. The van der Waals surface area contributed by atoms with Gasteiger partial charge in [0.25, 0.3) is 0 Å². The molecule has 1 aliphatic rings. The Hall–Kier alpha value is -1.58. The molecule has 0 bridgehead atoms. The summed E-state index contributed by atoms with van der Waals surface area (Å²) in [7, 11) is 0. The molecule has 0 spiro atoms. The highest BCUT2D eigenvalue weighted by Crippen LogP contribution is 2.23. The predicted molar refractivity (Wildman–Crippen MR) is 120 cm³/mol. The quantitative estimate of drug-likeness (QED) is 0.683. The van der Waals surface area contributed by atoms with Crippen molar-refractivity contribution < 1.29 is 9.47 Å². The van der Waals surface area contributed by atoms with Crippen LogP contribution in [0.2, 0.25) is 6.82 Å². The summed E-state index contributed by atoms with van der Waals surface area (Å²) in [5.74, 6) is 0. The lowest BCUT2D eigenvalue weighted by Crippen LogP contribution is -2.40. The second-order valence-corrected chi connectivity index (χ2v) is 7.34. The number of hydrogen-bond acceptors (Lipinski definition) is 2. The molecule has 148 valence electrons. The summed E-state index contributed by atoms with van der Waals surface area (Å²) in [6.07, 6.45) is -0.206. The van der Waals surface area contributed by atoms with Crippen LogP contribution in [0.25, 0.3) is 0 Å². The Kier molecular flexibility index (Phi) is 9.83. The van der Waals surface area contributed by atoms with Crippen LogP contribution in [0.1, 0.15) is 65.9 Å². The van der Waals surface area contributed by atoms with Crippen LogP contribution in [-0.4, -0.2) is 19.9 Å². The first kappa shape index (κ1) is 23.5. The molecule has 2 aromatic rings. The zero-order valence-electron chi connectivity index (χ0n) is 18.5. The molecule has 3 rings (SSSR count). The average molecular weight is 368 g/mol. The monoisotopic (exact) mass is 368 g/mol. The number of benzene rings is 2. The van der Waals surface area contributed by atoms with Crippen LogP contribution < -0.4 is 10.9 Å². The van der Waals surface area contributed by atoms with E-state index in [9.17, 15) is 0 Å². The van der Waals surface area contributed by atoms with Gasteiger partial charge in [0.2, 0.25) is 6.71 Å². The van der Waals surface area contributed by atoms with Gasteiger partial charge in [-0.05, 0) is 11.0 Å². The molecule has 2 aromatic carbocycles. The zero-order chi connectivity index (χ0) is 20.4. The van der Waals surface area contributed by atoms with Gasteiger partial charge in [0.15, 0.2) is 6.29 Å². The van der Waals surface area contributed by atoms with Gasteiger partial charge in [0.1, 0.15) is 0 Å². The maximum atomic E-state index is 5.62. The average Bonchev–Trinajstić information content (AvgIpc) is 3.25. The summed E-state index contributed by atoms with van der Waals surface area (Å²) in [5.41, 5.74) is 5.30. The molecule has 0 amide bonds. The van der Waals surface area contributed by atoms with Gasteiger partial charge in [0, 0.05) is 5.56 Å². The molecule has 1 heterocycles. The summed E-state index contributed by atoms with van der Waals surface area (Å²) in [6, 6.07) is 17.5. The Morgan fingerprint density at radius 2 is 1.33 bits per heavy atom. The normalized spacial score (nSPS) is 13.9. The van der Waals surface area contributed by atoms with E-state index in [4.69, 9.17) is 9.47 Å². The molecule has 0 atom stereocenters. The molecule has 2 nitrogen and oxygen atoms in total. The lowest BCUT2D eigenvalue weighted by molar-refractivity contribution is -0.0440. The fraction of sp³-hybridized carbons (Fsp3) is 0.500. The molecule has 3 heteroatoms. The van der Waals surface area contributed by atoms with E-state index in [1.54, 1.807) is 0 Å². The largest absolute Gasteiger partial charge is 0.346 e. The van der Waals surface area contributed by atoms with Crippen LogP contribution >= 0.6 is 0 Å². The second-order valence-electron chi connectivity index (χ2n) is 7.34. The van der Waals surface area contributed by atoms with Crippen LogP contribution in [0.15, 0.2) is 48.5 Å². The minimum absolute atomic E-state index is 0.170. The third-order valence-electron chi connectivity index (χ3n) is 4.56. The van der Waals surface area contributed by atoms with E-state index < -0.39 is 0 Å². The van der Waals surface area contributed by atoms with Crippen molar-refractivity contribution in [3.63, 3.8) is 0 Å². The molecular formula is C24H37BO2. The molecule has 0 unspecified atom stereocenters. The van der Waals surface area contributed by atoms with Gasteiger partial charge in [-0.15, -0.1) is 0 Å². The van der Waals surface area contributed by atoms with Crippen LogP contribution in [-0.2, 0) is 14.9 Å². The molecular weight excluding hydrogens is 331 g/mol. The first-order chi connectivity index (χ1) is 12.9. The second kappa shape index (κ2) is 11.3. The molecule has 0 aromatic heterocycles. The van der Waals surface area contributed by atoms with Gasteiger partial charge in [-0.2, -0.15) is 0 Å². The smallest absolute Gasteiger partial charge is 0.206 e. The molecule has 0 radical (unpaired) electrons. The summed E-state index contributed by atoms with van der Waals surface area (Å²) in [5, 5.41) is 0. The van der Waals surface area contributed by atoms with Crippen molar-refractivity contribution in [1.82, 2.24) is 0 Å². The molecule has 1 saturated heterocycles. The van der Waals surface area contributed by atoms with Crippen molar-refractivity contribution in [3.8, 4) is 0 Å². The van der Waals surface area contributed by atoms with Crippen molar-refractivity contribution >= 4 is 17.6 Å². The van der Waals surface area contributed by atoms with Crippen molar-refractivity contribution in [1.29, 1.82) is 0 Å². The maximum absolute atomic E-state index is 5.62. The van der Waals surface area contributed by atoms with E-state index in [0.29, 0.717) is 19.9 Å². The van der Waals surface area contributed by atoms with Crippen molar-refractivity contribution in [2.75, 3.05) is 13.2 Å². The number of hydrogen-bond donors (Lipinski definition) is 0. The van der Waals surface area contributed by atoms with Gasteiger partial charge in [-0.25, -0.2) is 0 Å². The third-order valence-corrected chi connectivity index (χ3v) is 4.56. The van der Waals surface area contributed by atoms with Gasteiger partial charge in [-0.1, -0.05) is 115 Å². The molecule has 0 saturated carbocycles. The van der Waals surface area contributed by atoms with Gasteiger partial charge < -0.3 is 9.47 Å². The van der Waals surface area contributed by atoms with Crippen molar-refractivity contribution in [2.45, 2.75) is 67.0 Å². The minimum Gasteiger partial charge on any atom is -0.346 e. The fourth-order valence-corrected chi connectivity index (χ4v) is 2.99. The van der Waals surface area contributed by atoms with Crippen molar-refractivity contribution in [2.24, 2.45) is 0 Å². The first-order valence-electron chi connectivity index (χ1n) is 10.4. The molecule has 0 N–H and O–H groups in total. The van der Waals surface area contributed by atoms with E-state index in [1.165, 1.54) is 16.5 Å². The highest BCUT2D eigenvalue weighted by molar-refractivity contribution is 6.84. The maximum Gasteiger partial charge on any atom is 0.206 e. The lowest BCUT2D eigenvalue weighted by atomic mass is 9.42. The standard InChI is InChI=1S/C20H25BO2.2C2H6/c1-20(2,3)16-8-6-10-18(14-16)21(4)17-9-5-7-15(13-17)19-22-11-12-23-19;2*1-2/h5-10,13-14,19H,11-12H2,1-4H3;2*1-2H3.